The minimum atomic E-state index is -1.46. The summed E-state index contributed by atoms with van der Waals surface area (Å²) in [5, 5.41) is 13.9. The number of alkyl halides is 1. The Morgan fingerprint density at radius 2 is 1.85 bits per heavy atom. The number of halogens is 3. The molecule has 40 heavy (non-hydrogen) atoms. The molecule has 0 bridgehead atoms. The van der Waals surface area contributed by atoms with Crippen molar-refractivity contribution in [2.75, 3.05) is 6.54 Å². The number of Topliss-reactive ketones (excluding diaryl/α,β-unsaturated/α-hetero) is 2. The maximum Gasteiger partial charge on any atom is 0.345 e. The van der Waals surface area contributed by atoms with E-state index in [2.05, 4.69) is 5.10 Å². The highest BCUT2D eigenvalue weighted by atomic mass is 35.5. The quantitative estimate of drug-likeness (QED) is 0.284. The van der Waals surface area contributed by atoms with Gasteiger partial charge in [0.25, 0.3) is 0 Å². The SMILES string of the molecule is CC(=O)c1nn(CC(=O)N2C[C@H](F)C[C@H]2C(=O)Cc2cccc(-c3ccccc3Cl)c2F)c2cc(C(=O)O)sc12. The van der Waals surface area contributed by atoms with Crippen molar-refractivity contribution in [1.29, 1.82) is 0 Å². The van der Waals surface area contributed by atoms with E-state index in [4.69, 9.17) is 11.6 Å². The number of aromatic carboxylic acids is 1. The molecule has 12 heteroatoms. The Morgan fingerprint density at radius 3 is 2.55 bits per heavy atom. The van der Waals surface area contributed by atoms with Gasteiger partial charge in [0.05, 0.1) is 22.8 Å². The molecule has 0 saturated carbocycles. The molecule has 2 aromatic carbocycles. The zero-order valence-corrected chi connectivity index (χ0v) is 22.6. The minimum Gasteiger partial charge on any atom is -0.477 e. The van der Waals surface area contributed by atoms with Crippen molar-refractivity contribution >= 4 is 56.6 Å². The number of nitrogens with zero attached hydrogens (tertiary/aromatic N) is 3. The molecular weight excluding hydrogens is 564 g/mol. The molecular formula is C28H22ClF2N3O5S. The van der Waals surface area contributed by atoms with Crippen LogP contribution >= 0.6 is 22.9 Å². The highest BCUT2D eigenvalue weighted by Crippen LogP contribution is 2.33. The summed E-state index contributed by atoms with van der Waals surface area (Å²) in [5.41, 5.74) is 1.08. The molecule has 1 fully saturated rings. The molecule has 2 atom stereocenters. The first-order valence-electron chi connectivity index (χ1n) is 12.3. The molecule has 1 saturated heterocycles. The van der Waals surface area contributed by atoms with Crippen LogP contribution in [-0.2, 0) is 22.6 Å². The number of hydrogen-bond donors (Lipinski definition) is 1. The number of thiophene rings is 1. The van der Waals surface area contributed by atoms with E-state index in [1.54, 1.807) is 36.4 Å². The molecule has 1 N–H and O–H groups in total. The second kappa shape index (κ2) is 10.9. The Bertz CT molecular complexity index is 1680. The molecule has 206 valence electrons. The standard InChI is InChI=1S/C28H22ClF2N3O5S/c1-14(35)26-27-21(11-23(40-27)28(38)39)34(32-26)13-24(37)33-12-16(30)10-20(33)22(36)9-15-5-4-7-18(25(15)31)17-6-2-3-8-19(17)29/h2-8,11,16,20H,9-10,12-13H2,1H3,(H,38,39)/t16-,20+/m1/s1. The summed E-state index contributed by atoms with van der Waals surface area (Å²) in [7, 11) is 0. The van der Waals surface area contributed by atoms with Crippen LogP contribution in [0.3, 0.4) is 0 Å². The second-order valence-electron chi connectivity index (χ2n) is 9.49. The van der Waals surface area contributed by atoms with E-state index >= 15 is 4.39 Å². The highest BCUT2D eigenvalue weighted by molar-refractivity contribution is 7.21. The Hall–Kier alpha value is -3.96. The molecule has 1 amide bonds. The first-order chi connectivity index (χ1) is 19.0. The number of likely N-dealkylation sites (tertiary alicyclic amines) is 1. The summed E-state index contributed by atoms with van der Waals surface area (Å²) in [6.07, 6.45) is -2.05. The fourth-order valence-electron chi connectivity index (χ4n) is 4.91. The number of carboxylic acid groups (broad SMARTS) is 1. The summed E-state index contributed by atoms with van der Waals surface area (Å²) in [5.74, 6) is -3.38. The number of hydrogen-bond acceptors (Lipinski definition) is 6. The molecule has 1 aliphatic rings. The van der Waals surface area contributed by atoms with Gasteiger partial charge in [-0.1, -0.05) is 48.0 Å². The molecule has 0 unspecified atom stereocenters. The normalized spacial score (nSPS) is 16.9. The van der Waals surface area contributed by atoms with Crippen LogP contribution in [0.1, 0.15) is 39.1 Å². The van der Waals surface area contributed by atoms with Gasteiger partial charge in [0, 0.05) is 35.9 Å². The molecule has 0 spiro atoms. The predicted octanol–water partition coefficient (Wildman–Crippen LogP) is 5.21. The molecule has 8 nitrogen and oxygen atoms in total. The average molecular weight is 586 g/mol. The van der Waals surface area contributed by atoms with Crippen LogP contribution in [0.2, 0.25) is 5.02 Å². The lowest BCUT2D eigenvalue weighted by Crippen LogP contribution is -2.43. The van der Waals surface area contributed by atoms with Crippen LogP contribution in [0.15, 0.2) is 48.5 Å². The van der Waals surface area contributed by atoms with E-state index in [0.717, 1.165) is 16.2 Å². The van der Waals surface area contributed by atoms with Crippen molar-refractivity contribution in [3.05, 3.63) is 75.5 Å². The first kappa shape index (κ1) is 27.6. The van der Waals surface area contributed by atoms with Crippen molar-refractivity contribution in [3.8, 4) is 11.1 Å². The van der Waals surface area contributed by atoms with Crippen LogP contribution in [0.4, 0.5) is 8.78 Å². The number of amides is 1. The van der Waals surface area contributed by atoms with Crippen molar-refractivity contribution in [1.82, 2.24) is 14.7 Å². The monoisotopic (exact) mass is 585 g/mol. The fraction of sp³-hybridized carbons (Fsp3) is 0.250. The maximum absolute atomic E-state index is 15.4. The largest absolute Gasteiger partial charge is 0.477 e. The highest BCUT2D eigenvalue weighted by Gasteiger charge is 2.40. The third-order valence-electron chi connectivity index (χ3n) is 6.81. The van der Waals surface area contributed by atoms with Crippen LogP contribution in [0.5, 0.6) is 0 Å². The van der Waals surface area contributed by atoms with Gasteiger partial charge >= 0.3 is 5.97 Å². The molecule has 0 aliphatic carbocycles. The lowest BCUT2D eigenvalue weighted by Gasteiger charge is -2.23. The summed E-state index contributed by atoms with van der Waals surface area (Å²) < 4.78 is 31.5. The van der Waals surface area contributed by atoms with Crippen LogP contribution in [0.25, 0.3) is 21.3 Å². The van der Waals surface area contributed by atoms with Gasteiger partial charge in [0.2, 0.25) is 5.91 Å². The third-order valence-corrected chi connectivity index (χ3v) is 8.25. The Morgan fingerprint density at radius 1 is 1.12 bits per heavy atom. The fourth-order valence-corrected chi connectivity index (χ4v) is 6.18. The second-order valence-corrected chi connectivity index (χ2v) is 10.9. The molecule has 3 heterocycles. The first-order valence-corrected chi connectivity index (χ1v) is 13.5. The van der Waals surface area contributed by atoms with Crippen LogP contribution < -0.4 is 0 Å². The van der Waals surface area contributed by atoms with Crippen molar-refractivity contribution in [3.63, 3.8) is 0 Å². The van der Waals surface area contributed by atoms with E-state index in [9.17, 15) is 28.7 Å². The van der Waals surface area contributed by atoms with E-state index in [0.29, 0.717) is 15.3 Å². The smallest absolute Gasteiger partial charge is 0.345 e. The number of benzene rings is 2. The zero-order valence-electron chi connectivity index (χ0n) is 21.1. The molecule has 4 aromatic rings. The number of carbonyl (C=O) groups is 4. The van der Waals surface area contributed by atoms with Crippen LogP contribution in [0, 0.1) is 5.82 Å². The van der Waals surface area contributed by atoms with Gasteiger partial charge in [-0.3, -0.25) is 19.1 Å². The van der Waals surface area contributed by atoms with E-state index in [1.807, 2.05) is 0 Å². The predicted molar refractivity (Wildman–Crippen MR) is 145 cm³/mol. The molecule has 1 aliphatic heterocycles. The number of ketones is 2. The van der Waals surface area contributed by atoms with Crippen molar-refractivity contribution in [2.45, 2.75) is 38.5 Å². The Balaban J connectivity index is 1.39. The molecule has 5 rings (SSSR count). The summed E-state index contributed by atoms with van der Waals surface area (Å²) in [4.78, 5) is 51.2. The zero-order chi connectivity index (χ0) is 28.7. The number of carbonyl (C=O) groups excluding carboxylic acids is 3. The summed E-state index contributed by atoms with van der Waals surface area (Å²) in [6.45, 7) is 0.509. The maximum atomic E-state index is 15.4. The van der Waals surface area contributed by atoms with Gasteiger partial charge in [-0.25, -0.2) is 13.6 Å². The van der Waals surface area contributed by atoms with Gasteiger partial charge < -0.3 is 10.0 Å². The number of carboxylic acids is 1. The van der Waals surface area contributed by atoms with E-state index in [-0.39, 0.29) is 46.6 Å². The topological polar surface area (TPSA) is 110 Å². The lowest BCUT2D eigenvalue weighted by molar-refractivity contribution is -0.138. The summed E-state index contributed by atoms with van der Waals surface area (Å²) in [6, 6.07) is 11.5. The van der Waals surface area contributed by atoms with Crippen LogP contribution in [-0.4, -0.2) is 62.0 Å². The minimum absolute atomic E-state index is 0.0200. The third kappa shape index (κ3) is 5.14. The van der Waals surface area contributed by atoms with Gasteiger partial charge in [-0.05, 0) is 17.7 Å². The summed E-state index contributed by atoms with van der Waals surface area (Å²) >= 11 is 7.09. The van der Waals surface area contributed by atoms with Gasteiger partial charge in [0.1, 0.15) is 29.1 Å². The number of rotatable bonds is 8. The van der Waals surface area contributed by atoms with Gasteiger partial charge in [-0.15, -0.1) is 11.3 Å². The van der Waals surface area contributed by atoms with E-state index < -0.39 is 48.0 Å². The van der Waals surface area contributed by atoms with Gasteiger partial charge in [-0.2, -0.15) is 5.10 Å². The van der Waals surface area contributed by atoms with Gasteiger partial charge in [0.15, 0.2) is 11.6 Å². The average Bonchev–Trinajstić information content (AvgIpc) is 3.60. The van der Waals surface area contributed by atoms with E-state index in [1.165, 1.54) is 23.7 Å². The van der Waals surface area contributed by atoms with Crippen molar-refractivity contribution < 1.29 is 33.1 Å². The number of aromatic nitrogens is 2. The molecule has 0 radical (unpaired) electrons. The lowest BCUT2D eigenvalue weighted by atomic mass is 9.97. The number of fused-ring (bicyclic) bond motifs is 1. The molecule has 2 aromatic heterocycles. The Kier molecular flexibility index (Phi) is 7.52. The van der Waals surface area contributed by atoms with Crippen molar-refractivity contribution in [2.24, 2.45) is 0 Å². The Labute approximate surface area is 235 Å².